The van der Waals surface area contributed by atoms with Crippen molar-refractivity contribution in [3.63, 3.8) is 0 Å². The summed E-state index contributed by atoms with van der Waals surface area (Å²) in [6, 6.07) is 0. The SMILES string of the molecule is C=CC(CN)CNC=NC. The molecule has 0 bridgehead atoms. The third-order valence-electron chi connectivity index (χ3n) is 1.24. The van der Waals surface area contributed by atoms with E-state index in [-0.39, 0.29) is 0 Å². The Balaban J connectivity index is 3.34. The van der Waals surface area contributed by atoms with Crippen molar-refractivity contribution in [1.29, 1.82) is 0 Å². The number of nitrogens with two attached hydrogens (primary N) is 1. The number of hydrogen-bond donors (Lipinski definition) is 2. The van der Waals surface area contributed by atoms with Gasteiger partial charge in [0.05, 0.1) is 6.34 Å². The number of nitrogens with one attached hydrogen (secondary N) is 1. The molecule has 0 aliphatic carbocycles. The molecule has 0 amide bonds. The first-order chi connectivity index (χ1) is 4.85. The van der Waals surface area contributed by atoms with Gasteiger partial charge in [0, 0.05) is 26.1 Å². The Morgan fingerprint density at radius 1 is 1.80 bits per heavy atom. The molecular formula is C7H15N3. The predicted octanol–water partition coefficient (Wildman–Crippen LogP) is -0.00500. The standard InChI is InChI=1S/C7H15N3/c1-3-7(4-8)5-10-6-9-2/h3,6-7H,1,4-5,8H2,2H3,(H,9,10). The predicted molar refractivity (Wildman–Crippen MR) is 45.2 cm³/mol. The summed E-state index contributed by atoms with van der Waals surface area (Å²) in [5.74, 6) is 0.345. The zero-order valence-electron chi connectivity index (χ0n) is 6.38. The molecule has 0 saturated heterocycles. The fraction of sp³-hybridized carbons (Fsp3) is 0.571. The number of rotatable bonds is 5. The van der Waals surface area contributed by atoms with Gasteiger partial charge in [-0.15, -0.1) is 6.58 Å². The van der Waals surface area contributed by atoms with Crippen LogP contribution < -0.4 is 11.1 Å². The Morgan fingerprint density at radius 3 is 2.90 bits per heavy atom. The zero-order valence-corrected chi connectivity index (χ0v) is 6.38. The lowest BCUT2D eigenvalue weighted by Gasteiger charge is -2.07. The van der Waals surface area contributed by atoms with Gasteiger partial charge in [0.2, 0.25) is 0 Å². The minimum Gasteiger partial charge on any atom is -0.376 e. The average Bonchev–Trinajstić information content (AvgIpc) is 1.99. The molecule has 0 aromatic rings. The van der Waals surface area contributed by atoms with Crippen molar-refractivity contribution < 1.29 is 0 Å². The Labute approximate surface area is 62.0 Å². The number of hydrogen-bond acceptors (Lipinski definition) is 2. The molecule has 10 heavy (non-hydrogen) atoms. The molecule has 0 rings (SSSR count). The van der Waals surface area contributed by atoms with E-state index in [0.717, 1.165) is 6.54 Å². The van der Waals surface area contributed by atoms with Crippen molar-refractivity contribution in [2.75, 3.05) is 20.1 Å². The monoisotopic (exact) mass is 141 g/mol. The van der Waals surface area contributed by atoms with Crippen LogP contribution in [0.15, 0.2) is 17.6 Å². The molecule has 0 radical (unpaired) electrons. The molecule has 0 spiro atoms. The Bertz CT molecular complexity index is 109. The van der Waals surface area contributed by atoms with E-state index in [2.05, 4.69) is 16.9 Å². The van der Waals surface area contributed by atoms with E-state index in [9.17, 15) is 0 Å². The molecule has 0 aliphatic rings. The minimum atomic E-state index is 0.345. The fourth-order valence-corrected chi connectivity index (χ4v) is 0.558. The highest BCUT2D eigenvalue weighted by atomic mass is 14.9. The largest absolute Gasteiger partial charge is 0.376 e. The van der Waals surface area contributed by atoms with Gasteiger partial charge in [-0.2, -0.15) is 0 Å². The molecule has 0 saturated carbocycles. The smallest absolute Gasteiger partial charge is 0.0820 e. The molecule has 0 aliphatic heterocycles. The van der Waals surface area contributed by atoms with Gasteiger partial charge in [-0.05, 0) is 0 Å². The number of aliphatic imine (C=N–C) groups is 1. The maximum Gasteiger partial charge on any atom is 0.0820 e. The molecule has 3 heteroatoms. The van der Waals surface area contributed by atoms with E-state index in [0.29, 0.717) is 12.5 Å². The summed E-state index contributed by atoms with van der Waals surface area (Å²) in [6.45, 7) is 5.10. The summed E-state index contributed by atoms with van der Waals surface area (Å²) in [4.78, 5) is 3.77. The van der Waals surface area contributed by atoms with Crippen LogP contribution in [0, 0.1) is 5.92 Å². The lowest BCUT2D eigenvalue weighted by atomic mass is 10.1. The van der Waals surface area contributed by atoms with E-state index >= 15 is 0 Å². The first-order valence-corrected chi connectivity index (χ1v) is 3.31. The molecule has 3 N–H and O–H groups in total. The lowest BCUT2D eigenvalue weighted by Crippen LogP contribution is -2.25. The summed E-state index contributed by atoms with van der Waals surface area (Å²) in [5.41, 5.74) is 5.41. The maximum absolute atomic E-state index is 5.41. The minimum absolute atomic E-state index is 0.345. The molecule has 0 fully saturated rings. The van der Waals surface area contributed by atoms with Gasteiger partial charge in [-0.1, -0.05) is 6.08 Å². The van der Waals surface area contributed by atoms with Crippen LogP contribution in [0.3, 0.4) is 0 Å². The lowest BCUT2D eigenvalue weighted by molar-refractivity contribution is 0.642. The Morgan fingerprint density at radius 2 is 2.50 bits per heavy atom. The van der Waals surface area contributed by atoms with Crippen LogP contribution >= 0.6 is 0 Å². The van der Waals surface area contributed by atoms with E-state index < -0.39 is 0 Å². The maximum atomic E-state index is 5.41. The third kappa shape index (κ3) is 4.09. The van der Waals surface area contributed by atoms with Gasteiger partial charge in [0.15, 0.2) is 0 Å². The third-order valence-corrected chi connectivity index (χ3v) is 1.24. The summed E-state index contributed by atoms with van der Waals surface area (Å²) >= 11 is 0. The van der Waals surface area contributed by atoms with Crippen LogP contribution in [0.1, 0.15) is 0 Å². The van der Waals surface area contributed by atoms with E-state index in [1.54, 1.807) is 13.4 Å². The quantitative estimate of drug-likeness (QED) is 0.321. The highest BCUT2D eigenvalue weighted by molar-refractivity contribution is 5.53. The Hall–Kier alpha value is -0.830. The average molecular weight is 141 g/mol. The second-order valence-electron chi connectivity index (χ2n) is 2.03. The molecule has 0 heterocycles. The highest BCUT2D eigenvalue weighted by Crippen LogP contribution is 1.89. The van der Waals surface area contributed by atoms with E-state index in [1.807, 2.05) is 6.08 Å². The van der Waals surface area contributed by atoms with E-state index in [4.69, 9.17) is 5.73 Å². The van der Waals surface area contributed by atoms with Gasteiger partial charge in [-0.3, -0.25) is 4.99 Å². The van der Waals surface area contributed by atoms with Crippen LogP contribution in [-0.2, 0) is 0 Å². The summed E-state index contributed by atoms with van der Waals surface area (Å²) < 4.78 is 0. The van der Waals surface area contributed by atoms with Crippen LogP contribution in [-0.4, -0.2) is 26.5 Å². The second-order valence-corrected chi connectivity index (χ2v) is 2.03. The van der Waals surface area contributed by atoms with Gasteiger partial charge >= 0.3 is 0 Å². The highest BCUT2D eigenvalue weighted by Gasteiger charge is 1.96. The topological polar surface area (TPSA) is 50.4 Å². The summed E-state index contributed by atoms with van der Waals surface area (Å²) in [7, 11) is 1.72. The molecular weight excluding hydrogens is 126 g/mol. The summed E-state index contributed by atoms with van der Waals surface area (Å²) in [5, 5.41) is 2.99. The number of nitrogens with zero attached hydrogens (tertiary/aromatic N) is 1. The van der Waals surface area contributed by atoms with Crippen molar-refractivity contribution in [3.8, 4) is 0 Å². The van der Waals surface area contributed by atoms with Crippen LogP contribution in [0.2, 0.25) is 0 Å². The molecule has 1 atom stereocenters. The van der Waals surface area contributed by atoms with Crippen molar-refractivity contribution in [3.05, 3.63) is 12.7 Å². The normalized spacial score (nSPS) is 13.4. The van der Waals surface area contributed by atoms with Crippen molar-refractivity contribution in [1.82, 2.24) is 5.32 Å². The van der Waals surface area contributed by atoms with Gasteiger partial charge in [0.25, 0.3) is 0 Å². The first-order valence-electron chi connectivity index (χ1n) is 3.31. The van der Waals surface area contributed by atoms with Crippen molar-refractivity contribution >= 4 is 6.34 Å². The van der Waals surface area contributed by atoms with Gasteiger partial charge in [-0.25, -0.2) is 0 Å². The van der Waals surface area contributed by atoms with E-state index in [1.165, 1.54) is 0 Å². The molecule has 3 nitrogen and oxygen atoms in total. The molecule has 0 aromatic carbocycles. The second kappa shape index (κ2) is 6.29. The van der Waals surface area contributed by atoms with Crippen molar-refractivity contribution in [2.45, 2.75) is 0 Å². The summed E-state index contributed by atoms with van der Waals surface area (Å²) in [6.07, 6.45) is 3.50. The molecule has 1 unspecified atom stereocenters. The molecule has 0 aromatic heterocycles. The van der Waals surface area contributed by atoms with Crippen molar-refractivity contribution in [2.24, 2.45) is 16.6 Å². The first kappa shape index (κ1) is 9.17. The van der Waals surface area contributed by atoms with Gasteiger partial charge < -0.3 is 11.1 Å². The van der Waals surface area contributed by atoms with Crippen LogP contribution in [0.5, 0.6) is 0 Å². The Kier molecular flexibility index (Phi) is 5.77. The fourth-order valence-electron chi connectivity index (χ4n) is 0.558. The van der Waals surface area contributed by atoms with Gasteiger partial charge in [0.1, 0.15) is 0 Å². The van der Waals surface area contributed by atoms with Crippen LogP contribution in [0.25, 0.3) is 0 Å². The zero-order chi connectivity index (χ0) is 7.82. The molecule has 58 valence electrons. The van der Waals surface area contributed by atoms with Crippen LogP contribution in [0.4, 0.5) is 0 Å².